The number of hydrogen-bond acceptors (Lipinski definition) is 4. The van der Waals surface area contributed by atoms with Gasteiger partial charge in [0.05, 0.1) is 24.1 Å². The summed E-state index contributed by atoms with van der Waals surface area (Å²) in [7, 11) is 0. The van der Waals surface area contributed by atoms with E-state index in [0.29, 0.717) is 18.7 Å². The van der Waals surface area contributed by atoms with E-state index >= 15 is 0 Å². The minimum atomic E-state index is -0.209. The molecule has 2 aromatic rings. The molecule has 6 nitrogen and oxygen atoms in total. The van der Waals surface area contributed by atoms with Gasteiger partial charge in [0.15, 0.2) is 0 Å². The van der Waals surface area contributed by atoms with Gasteiger partial charge in [0, 0.05) is 19.3 Å². The summed E-state index contributed by atoms with van der Waals surface area (Å²) >= 11 is 0. The maximum absolute atomic E-state index is 12.6. The molecule has 1 fully saturated rings. The topological polar surface area (TPSA) is 64.4 Å². The lowest BCUT2D eigenvalue weighted by atomic mass is 10.1. The van der Waals surface area contributed by atoms with Gasteiger partial charge in [0.1, 0.15) is 6.54 Å². The Labute approximate surface area is 140 Å². The monoisotopic (exact) mass is 327 g/mol. The van der Waals surface area contributed by atoms with Crippen molar-refractivity contribution in [3.05, 3.63) is 53.2 Å². The Kier molecular flexibility index (Phi) is 4.76. The van der Waals surface area contributed by atoms with Gasteiger partial charge in [0.2, 0.25) is 5.91 Å². The Morgan fingerprint density at radius 2 is 1.88 bits per heavy atom. The number of nitrogens with zero attached hydrogens (tertiary/aromatic N) is 3. The molecule has 0 unspecified atom stereocenters. The second kappa shape index (κ2) is 6.97. The SMILES string of the molecule is C[C@@H]1CN(C(=O)Cn2cncc(-c3ccccc3)c2=O)C[C@H](C)O1. The van der Waals surface area contributed by atoms with E-state index in [9.17, 15) is 9.59 Å². The average Bonchev–Trinajstić information content (AvgIpc) is 2.56. The van der Waals surface area contributed by atoms with Gasteiger partial charge in [-0.2, -0.15) is 0 Å². The highest BCUT2D eigenvalue weighted by Gasteiger charge is 2.26. The molecule has 0 radical (unpaired) electrons. The number of ether oxygens (including phenoxy) is 1. The van der Waals surface area contributed by atoms with E-state index < -0.39 is 0 Å². The molecule has 0 aliphatic carbocycles. The quantitative estimate of drug-likeness (QED) is 0.858. The fourth-order valence-corrected chi connectivity index (χ4v) is 3.01. The third kappa shape index (κ3) is 3.54. The molecule has 24 heavy (non-hydrogen) atoms. The van der Waals surface area contributed by atoms with E-state index in [1.54, 1.807) is 4.90 Å². The van der Waals surface area contributed by atoms with Crippen LogP contribution in [0, 0.1) is 0 Å². The summed E-state index contributed by atoms with van der Waals surface area (Å²) in [6, 6.07) is 9.34. The largest absolute Gasteiger partial charge is 0.372 e. The fraction of sp³-hybridized carbons (Fsp3) is 0.389. The molecule has 2 heterocycles. The van der Waals surface area contributed by atoms with E-state index in [1.807, 2.05) is 44.2 Å². The van der Waals surface area contributed by atoms with Gasteiger partial charge in [-0.15, -0.1) is 0 Å². The molecule has 126 valence electrons. The summed E-state index contributed by atoms with van der Waals surface area (Å²) in [6.45, 7) is 4.97. The first kappa shape index (κ1) is 16.4. The Morgan fingerprint density at radius 1 is 1.21 bits per heavy atom. The maximum atomic E-state index is 12.6. The summed E-state index contributed by atoms with van der Waals surface area (Å²) in [5, 5.41) is 0. The molecule has 0 spiro atoms. The van der Waals surface area contributed by atoms with Gasteiger partial charge in [0.25, 0.3) is 5.56 Å². The van der Waals surface area contributed by atoms with Crippen LogP contribution >= 0.6 is 0 Å². The molecule has 1 saturated heterocycles. The van der Waals surface area contributed by atoms with Gasteiger partial charge in [-0.05, 0) is 19.4 Å². The van der Waals surface area contributed by atoms with Crippen LogP contribution in [0.1, 0.15) is 13.8 Å². The van der Waals surface area contributed by atoms with Crippen LogP contribution in [0.2, 0.25) is 0 Å². The first-order valence-corrected chi connectivity index (χ1v) is 8.07. The number of morpholine rings is 1. The summed E-state index contributed by atoms with van der Waals surface area (Å²) in [5.41, 5.74) is 1.08. The molecule has 1 aliphatic heterocycles. The van der Waals surface area contributed by atoms with E-state index in [4.69, 9.17) is 4.74 Å². The van der Waals surface area contributed by atoms with Crippen molar-refractivity contribution in [1.82, 2.24) is 14.5 Å². The molecule has 1 aromatic carbocycles. The summed E-state index contributed by atoms with van der Waals surface area (Å²) in [5.74, 6) is -0.0916. The molecule has 1 amide bonds. The zero-order chi connectivity index (χ0) is 17.1. The number of aromatic nitrogens is 2. The number of carbonyl (C=O) groups excluding carboxylic acids is 1. The number of benzene rings is 1. The zero-order valence-corrected chi connectivity index (χ0v) is 13.9. The average molecular weight is 327 g/mol. The van der Waals surface area contributed by atoms with Crippen LogP contribution in [0.4, 0.5) is 0 Å². The normalized spacial score (nSPS) is 20.8. The van der Waals surface area contributed by atoms with Crippen molar-refractivity contribution in [3.8, 4) is 11.1 Å². The highest BCUT2D eigenvalue weighted by atomic mass is 16.5. The third-order valence-electron chi connectivity index (χ3n) is 4.06. The lowest BCUT2D eigenvalue weighted by Crippen LogP contribution is -2.49. The van der Waals surface area contributed by atoms with E-state index in [0.717, 1.165) is 5.56 Å². The van der Waals surface area contributed by atoms with Crippen LogP contribution in [0.25, 0.3) is 11.1 Å². The van der Waals surface area contributed by atoms with Crippen LogP contribution in [-0.2, 0) is 16.1 Å². The van der Waals surface area contributed by atoms with Gasteiger partial charge in [-0.1, -0.05) is 30.3 Å². The van der Waals surface area contributed by atoms with Crippen LogP contribution < -0.4 is 5.56 Å². The van der Waals surface area contributed by atoms with E-state index in [1.165, 1.54) is 17.1 Å². The van der Waals surface area contributed by atoms with Gasteiger partial charge >= 0.3 is 0 Å². The summed E-state index contributed by atoms with van der Waals surface area (Å²) in [6.07, 6.45) is 2.96. The fourth-order valence-electron chi connectivity index (χ4n) is 3.01. The van der Waals surface area contributed by atoms with Crippen molar-refractivity contribution in [2.75, 3.05) is 13.1 Å². The first-order valence-electron chi connectivity index (χ1n) is 8.07. The Morgan fingerprint density at radius 3 is 2.54 bits per heavy atom. The number of carbonyl (C=O) groups is 1. The highest BCUT2D eigenvalue weighted by Crippen LogP contribution is 2.14. The van der Waals surface area contributed by atoms with Crippen molar-refractivity contribution in [2.24, 2.45) is 0 Å². The molecule has 6 heteroatoms. The van der Waals surface area contributed by atoms with Crippen LogP contribution in [0.5, 0.6) is 0 Å². The minimum Gasteiger partial charge on any atom is -0.372 e. The molecule has 1 aromatic heterocycles. The summed E-state index contributed by atoms with van der Waals surface area (Å²) in [4.78, 5) is 31.1. The molecule has 0 N–H and O–H groups in total. The van der Waals surface area contributed by atoms with E-state index in [-0.39, 0.29) is 30.2 Å². The lowest BCUT2D eigenvalue weighted by Gasteiger charge is -2.35. The molecular formula is C18H21N3O3. The van der Waals surface area contributed by atoms with Crippen molar-refractivity contribution < 1.29 is 9.53 Å². The lowest BCUT2D eigenvalue weighted by molar-refractivity contribution is -0.143. The second-order valence-electron chi connectivity index (χ2n) is 6.16. The van der Waals surface area contributed by atoms with Gasteiger partial charge < -0.3 is 9.64 Å². The van der Waals surface area contributed by atoms with Crippen LogP contribution in [0.3, 0.4) is 0 Å². The molecule has 0 saturated carbocycles. The first-order chi connectivity index (χ1) is 11.5. The maximum Gasteiger partial charge on any atom is 0.261 e. The van der Waals surface area contributed by atoms with Crippen molar-refractivity contribution in [2.45, 2.75) is 32.6 Å². The van der Waals surface area contributed by atoms with E-state index in [2.05, 4.69) is 4.98 Å². The molecule has 3 rings (SSSR count). The van der Waals surface area contributed by atoms with Crippen LogP contribution in [0.15, 0.2) is 47.7 Å². The Balaban J connectivity index is 1.81. The standard InChI is InChI=1S/C18H21N3O3/c1-13-9-20(10-14(2)24-13)17(22)11-21-12-19-8-16(18(21)23)15-6-4-3-5-7-15/h3-8,12-14H,9-11H2,1-2H3/t13-,14+. The Bertz CT molecular complexity index is 763. The number of amides is 1. The number of hydrogen-bond donors (Lipinski definition) is 0. The summed E-state index contributed by atoms with van der Waals surface area (Å²) < 4.78 is 7.01. The molecule has 2 atom stereocenters. The minimum absolute atomic E-state index is 0.00296. The van der Waals surface area contributed by atoms with Gasteiger partial charge in [-0.25, -0.2) is 4.98 Å². The second-order valence-corrected chi connectivity index (χ2v) is 6.16. The predicted octanol–water partition coefficient (Wildman–Crippen LogP) is 1.55. The van der Waals surface area contributed by atoms with Crippen LogP contribution in [-0.4, -0.2) is 45.7 Å². The van der Waals surface area contributed by atoms with Crippen molar-refractivity contribution in [3.63, 3.8) is 0 Å². The molecule has 0 bridgehead atoms. The molecular weight excluding hydrogens is 306 g/mol. The zero-order valence-electron chi connectivity index (χ0n) is 13.9. The Hall–Kier alpha value is -2.47. The smallest absolute Gasteiger partial charge is 0.261 e. The highest BCUT2D eigenvalue weighted by molar-refractivity contribution is 5.76. The van der Waals surface area contributed by atoms with Crippen molar-refractivity contribution >= 4 is 5.91 Å². The van der Waals surface area contributed by atoms with Gasteiger partial charge in [-0.3, -0.25) is 14.2 Å². The van der Waals surface area contributed by atoms with Crippen molar-refractivity contribution in [1.29, 1.82) is 0 Å². The predicted molar refractivity (Wildman–Crippen MR) is 90.5 cm³/mol. The molecule has 1 aliphatic rings. The number of rotatable bonds is 3. The third-order valence-corrected chi connectivity index (χ3v) is 4.06.